The van der Waals surface area contributed by atoms with Gasteiger partial charge >= 0.3 is 0 Å². The van der Waals surface area contributed by atoms with Crippen LogP contribution in [0, 0.1) is 5.92 Å². The summed E-state index contributed by atoms with van der Waals surface area (Å²) in [5.74, 6) is 0.354. The SMILES string of the molecule is C[C@@H](Cc1ccc(N)c(/C(N)=C2C=NC=NCCN(C(=O)C3CCNCC3)CC/C=C\2)c1)c1c(Cl)cncc1Cl. The van der Waals surface area contributed by atoms with Crippen molar-refractivity contribution in [1.82, 2.24) is 15.2 Å². The second-order valence-corrected chi connectivity index (χ2v) is 11.1. The fourth-order valence-corrected chi connectivity index (χ4v) is 5.90. The Morgan fingerprint density at radius 2 is 1.93 bits per heavy atom. The number of aliphatic imine (C=N–C) groups is 2. The molecule has 5 N–H and O–H groups in total. The van der Waals surface area contributed by atoms with E-state index in [1.54, 1.807) is 18.6 Å². The fraction of sp³-hybridized carbons (Fsp3) is 0.400. The minimum atomic E-state index is 0.0582. The average Bonchev–Trinajstić information content (AvgIpc) is 2.94. The summed E-state index contributed by atoms with van der Waals surface area (Å²) in [6.45, 7) is 5.58. The molecule has 8 nitrogen and oxygen atoms in total. The molecule has 1 saturated heterocycles. The zero-order valence-electron chi connectivity index (χ0n) is 22.8. The predicted octanol–water partition coefficient (Wildman–Crippen LogP) is 4.87. The standard InChI is InChI=1S/C30H37Cl2N7O/c1-20(28-25(31)17-37-18-26(28)32)14-21-5-6-27(33)24(15-21)29(34)23-4-2-3-12-39(13-11-36-19-38-16-23)30(40)22-7-9-35-10-8-22/h2,4-6,15-20,22,35H,3,7-14,33-34H2,1H3/b4-2-,29-23+,36-19?,38-16?/t20-/m0/s1. The van der Waals surface area contributed by atoms with E-state index in [9.17, 15) is 4.79 Å². The van der Waals surface area contributed by atoms with Gasteiger partial charge in [-0.1, -0.05) is 48.3 Å². The van der Waals surface area contributed by atoms with Crippen molar-refractivity contribution < 1.29 is 4.79 Å². The Labute approximate surface area is 246 Å². The van der Waals surface area contributed by atoms with Crippen LogP contribution in [-0.4, -0.2) is 61.1 Å². The minimum absolute atomic E-state index is 0.0582. The van der Waals surface area contributed by atoms with Crippen LogP contribution in [0.2, 0.25) is 10.0 Å². The number of pyridine rings is 1. The van der Waals surface area contributed by atoms with Gasteiger partial charge in [0.2, 0.25) is 5.91 Å². The highest BCUT2D eigenvalue weighted by molar-refractivity contribution is 6.35. The monoisotopic (exact) mass is 581 g/mol. The highest BCUT2D eigenvalue weighted by Crippen LogP contribution is 2.33. The van der Waals surface area contributed by atoms with Crippen LogP contribution in [-0.2, 0) is 11.2 Å². The maximum atomic E-state index is 13.1. The first kappa shape index (κ1) is 29.8. The molecule has 1 aromatic carbocycles. The number of nitrogen functional groups attached to an aromatic ring is 1. The van der Waals surface area contributed by atoms with Crippen molar-refractivity contribution in [3.05, 3.63) is 75.1 Å². The van der Waals surface area contributed by atoms with Gasteiger partial charge in [-0.15, -0.1) is 0 Å². The number of halogens is 2. The van der Waals surface area contributed by atoms with Crippen LogP contribution >= 0.6 is 23.2 Å². The number of anilines is 1. The molecule has 2 aliphatic rings. The van der Waals surface area contributed by atoms with Crippen molar-refractivity contribution in [3.8, 4) is 0 Å². The lowest BCUT2D eigenvalue weighted by molar-refractivity contribution is -0.136. The maximum absolute atomic E-state index is 13.1. The molecule has 40 heavy (non-hydrogen) atoms. The molecule has 1 atom stereocenters. The molecule has 4 rings (SSSR count). The van der Waals surface area contributed by atoms with Crippen LogP contribution in [0.1, 0.15) is 48.8 Å². The summed E-state index contributed by atoms with van der Waals surface area (Å²) in [5.41, 5.74) is 17.5. The smallest absolute Gasteiger partial charge is 0.225 e. The summed E-state index contributed by atoms with van der Waals surface area (Å²) in [6, 6.07) is 5.85. The Morgan fingerprint density at radius 3 is 2.67 bits per heavy atom. The first-order valence-corrected chi connectivity index (χ1v) is 14.5. The van der Waals surface area contributed by atoms with E-state index in [0.29, 0.717) is 53.9 Å². The molecule has 212 valence electrons. The first-order valence-electron chi connectivity index (χ1n) is 13.7. The molecule has 1 fully saturated rings. The molecule has 1 amide bonds. The fourth-order valence-electron chi connectivity index (χ4n) is 5.17. The van der Waals surface area contributed by atoms with Crippen LogP contribution < -0.4 is 16.8 Å². The van der Waals surface area contributed by atoms with Gasteiger partial charge < -0.3 is 21.7 Å². The number of carbonyl (C=O) groups is 1. The van der Waals surface area contributed by atoms with Gasteiger partial charge in [0.1, 0.15) is 6.34 Å². The highest BCUT2D eigenvalue weighted by atomic mass is 35.5. The molecule has 0 bridgehead atoms. The molecule has 3 heterocycles. The van der Waals surface area contributed by atoms with E-state index in [2.05, 4.69) is 27.2 Å². The van der Waals surface area contributed by atoms with Gasteiger partial charge in [0.15, 0.2) is 0 Å². The van der Waals surface area contributed by atoms with Crippen LogP contribution in [0.4, 0.5) is 5.69 Å². The summed E-state index contributed by atoms with van der Waals surface area (Å²) in [7, 11) is 0. The molecule has 10 heteroatoms. The molecular formula is C30H37Cl2N7O. The number of benzene rings is 1. The third-order valence-corrected chi connectivity index (χ3v) is 7.97. The van der Waals surface area contributed by atoms with Crippen LogP contribution in [0.25, 0.3) is 5.70 Å². The number of amides is 1. The topological polar surface area (TPSA) is 122 Å². The second-order valence-electron chi connectivity index (χ2n) is 10.3. The van der Waals surface area contributed by atoms with E-state index in [4.69, 9.17) is 34.7 Å². The number of nitrogens with one attached hydrogen (secondary N) is 1. The Balaban J connectivity index is 1.54. The Kier molecular flexibility index (Phi) is 10.7. The molecule has 0 unspecified atom stereocenters. The third-order valence-electron chi connectivity index (χ3n) is 7.37. The molecule has 0 spiro atoms. The summed E-state index contributed by atoms with van der Waals surface area (Å²) in [4.78, 5) is 27.9. The summed E-state index contributed by atoms with van der Waals surface area (Å²) < 4.78 is 0. The number of nitrogens with two attached hydrogens (primary N) is 2. The number of allylic oxidation sites excluding steroid dienone is 2. The Hall–Kier alpha value is -3.20. The lowest BCUT2D eigenvalue weighted by atomic mass is 9.92. The van der Waals surface area contributed by atoms with Gasteiger partial charge in [0.25, 0.3) is 0 Å². The predicted molar refractivity (Wildman–Crippen MR) is 166 cm³/mol. The van der Waals surface area contributed by atoms with Crippen molar-refractivity contribution in [1.29, 1.82) is 0 Å². The first-order chi connectivity index (χ1) is 19.3. The van der Waals surface area contributed by atoms with Crippen molar-refractivity contribution in [2.24, 2.45) is 21.6 Å². The van der Waals surface area contributed by atoms with Crippen molar-refractivity contribution in [2.45, 2.75) is 38.5 Å². The van der Waals surface area contributed by atoms with Gasteiger partial charge in [-0.2, -0.15) is 0 Å². The number of piperidine rings is 1. The number of rotatable bonds is 5. The number of hydrogen-bond donors (Lipinski definition) is 3. The summed E-state index contributed by atoms with van der Waals surface area (Å²) in [6.07, 6.45) is 13.5. The van der Waals surface area contributed by atoms with E-state index < -0.39 is 0 Å². The summed E-state index contributed by atoms with van der Waals surface area (Å²) >= 11 is 12.8. The number of carbonyl (C=O) groups excluding carboxylic acids is 1. The molecular weight excluding hydrogens is 545 g/mol. The lowest BCUT2D eigenvalue weighted by Crippen LogP contribution is -2.42. The lowest BCUT2D eigenvalue weighted by Gasteiger charge is -2.29. The largest absolute Gasteiger partial charge is 0.398 e. The number of aromatic nitrogens is 1. The summed E-state index contributed by atoms with van der Waals surface area (Å²) in [5, 5.41) is 4.42. The van der Waals surface area contributed by atoms with E-state index in [1.165, 1.54) is 6.34 Å². The average molecular weight is 583 g/mol. The van der Waals surface area contributed by atoms with Crippen LogP contribution in [0.3, 0.4) is 0 Å². The molecule has 2 aliphatic heterocycles. The van der Waals surface area contributed by atoms with E-state index in [1.807, 2.05) is 35.3 Å². The normalized spacial score (nSPS) is 19.9. The zero-order valence-corrected chi connectivity index (χ0v) is 24.3. The highest BCUT2D eigenvalue weighted by Gasteiger charge is 2.25. The van der Waals surface area contributed by atoms with Gasteiger partial charge in [-0.3, -0.25) is 14.8 Å². The van der Waals surface area contributed by atoms with E-state index in [-0.39, 0.29) is 17.7 Å². The van der Waals surface area contributed by atoms with Gasteiger partial charge in [-0.05, 0) is 68.0 Å². The van der Waals surface area contributed by atoms with Crippen molar-refractivity contribution in [3.63, 3.8) is 0 Å². The minimum Gasteiger partial charge on any atom is -0.398 e. The van der Waals surface area contributed by atoms with E-state index in [0.717, 1.165) is 48.2 Å². The van der Waals surface area contributed by atoms with Crippen molar-refractivity contribution >= 4 is 53.0 Å². The Morgan fingerprint density at radius 1 is 1.18 bits per heavy atom. The van der Waals surface area contributed by atoms with E-state index >= 15 is 0 Å². The number of hydrogen-bond acceptors (Lipinski definition) is 7. The maximum Gasteiger partial charge on any atom is 0.225 e. The van der Waals surface area contributed by atoms with Crippen molar-refractivity contribution in [2.75, 3.05) is 38.5 Å². The zero-order chi connectivity index (χ0) is 28.5. The molecule has 0 aliphatic carbocycles. The quantitative estimate of drug-likeness (QED) is 0.434. The third kappa shape index (κ3) is 7.71. The Bertz CT molecular complexity index is 1290. The molecule has 0 radical (unpaired) electrons. The van der Waals surface area contributed by atoms with Crippen LogP contribution in [0.15, 0.2) is 58.3 Å². The number of nitrogens with zero attached hydrogens (tertiary/aromatic N) is 4. The van der Waals surface area contributed by atoms with Gasteiger partial charge in [0, 0.05) is 60.1 Å². The second kappa shape index (κ2) is 14.4. The molecule has 1 aromatic heterocycles. The van der Waals surface area contributed by atoms with Crippen LogP contribution in [0.5, 0.6) is 0 Å². The molecule has 2 aromatic rings. The van der Waals surface area contributed by atoms with Gasteiger partial charge in [-0.25, -0.2) is 4.99 Å². The molecule has 0 saturated carbocycles. The van der Waals surface area contributed by atoms with Gasteiger partial charge in [0.05, 0.1) is 16.6 Å².